The number of methoxy groups -OCH3 is 2. The van der Waals surface area contributed by atoms with Gasteiger partial charge in [-0.15, -0.1) is 0 Å². The fraction of sp³-hybridized carbons (Fsp3) is 0.398. The van der Waals surface area contributed by atoms with Gasteiger partial charge in [0.2, 0.25) is 0 Å². The first-order valence-electron chi connectivity index (χ1n) is 34.4. The SMILES string of the molecule is COc1ccc(C)cc1C.COc1ccc(CCCCCCO)cc1C.Cc1ccc(C(=O)CCCCCCO)cc1.Cc1ccc(Cl)cc1[N+](=O)[O-].Cc1cccc(C(=O)NCCS(=O)(=O)CCO)c1.Cc1cccc(CCCCCCO)c1.Cc1ccccc1.Cc1ccccc1Cl. The van der Waals surface area contributed by atoms with Crippen molar-refractivity contribution >= 4 is 50.4 Å². The smallest absolute Gasteiger partial charge is 0.273 e. The van der Waals surface area contributed by atoms with E-state index in [1.807, 2.05) is 119 Å². The maximum atomic E-state index is 11.7. The largest absolute Gasteiger partial charge is 0.496 e. The normalized spacial score (nSPS) is 10.2. The molecule has 0 aliphatic heterocycles. The van der Waals surface area contributed by atoms with Gasteiger partial charge in [-0.25, -0.2) is 8.42 Å². The molecule has 546 valence electrons. The topological polar surface area (TPSA) is 223 Å². The minimum Gasteiger partial charge on any atom is -0.496 e. The van der Waals surface area contributed by atoms with Crippen LogP contribution in [-0.4, -0.2) is 104 Å². The lowest BCUT2D eigenvalue weighted by Gasteiger charge is -2.07. The molecule has 5 N–H and O–H groups in total. The number of ketones is 1. The van der Waals surface area contributed by atoms with Crippen LogP contribution in [0.25, 0.3) is 0 Å². The van der Waals surface area contributed by atoms with E-state index in [0.717, 1.165) is 91.0 Å². The second kappa shape index (κ2) is 55.0. The van der Waals surface area contributed by atoms with E-state index in [9.17, 15) is 28.1 Å². The zero-order valence-electron chi connectivity index (χ0n) is 61.0. The molecule has 0 saturated heterocycles. The summed E-state index contributed by atoms with van der Waals surface area (Å²) in [5.41, 5.74) is 14.5. The molecule has 0 saturated carbocycles. The van der Waals surface area contributed by atoms with Crippen LogP contribution in [0, 0.1) is 72.4 Å². The Labute approximate surface area is 608 Å². The van der Waals surface area contributed by atoms with Crippen LogP contribution in [0.15, 0.2) is 182 Å². The van der Waals surface area contributed by atoms with Crippen molar-refractivity contribution in [3.05, 3.63) is 274 Å². The number of hydrogen-bond acceptors (Lipinski definition) is 12. The molecule has 0 atom stereocenters. The van der Waals surface area contributed by atoms with Crippen LogP contribution in [0.4, 0.5) is 5.69 Å². The molecule has 0 aromatic heterocycles. The van der Waals surface area contributed by atoms with E-state index in [4.69, 9.17) is 53.1 Å². The summed E-state index contributed by atoms with van der Waals surface area (Å²) in [5.74, 6) is 1.43. The lowest BCUT2D eigenvalue weighted by Crippen LogP contribution is -2.30. The molecule has 1 amide bonds. The molecular weight excluding hydrogens is 1320 g/mol. The Kier molecular flexibility index (Phi) is 49.7. The van der Waals surface area contributed by atoms with Gasteiger partial charge in [-0.3, -0.25) is 19.7 Å². The molecule has 0 spiro atoms. The molecule has 8 aromatic carbocycles. The van der Waals surface area contributed by atoms with Crippen LogP contribution in [-0.2, 0) is 22.7 Å². The van der Waals surface area contributed by atoms with Crippen molar-refractivity contribution in [2.75, 3.05) is 58.7 Å². The Hall–Kier alpha value is -7.73. The van der Waals surface area contributed by atoms with Gasteiger partial charge in [0.1, 0.15) is 11.5 Å². The molecule has 0 aliphatic rings. The van der Waals surface area contributed by atoms with Gasteiger partial charge in [0, 0.05) is 65.6 Å². The molecule has 8 rings (SSSR count). The molecule has 0 heterocycles. The standard InChI is InChI=1S/C14H22O2.C14H20O2.C13H20O.C12H17NO4S.C9H12O.C7H6ClNO2.C7H7Cl.C7H8/c1-12-11-13(8-9-14(12)16-2)7-5-3-4-6-10-15;1-12-7-9-13(10-8-12)14(16)6-4-2-3-5-11-15;1-12-7-6-9-13(11-12)8-4-2-3-5-10-14;1-10-3-2-4-11(9-10)12(15)13-5-7-18(16,17)8-6-14;1-7-4-5-9(10-3)8(2)6-7;1-5-2-3-6(8)4-7(5)9(10)11;1-6-4-2-3-5-7(6)8;1-7-5-3-2-4-6-7/h8-9,11,15H,3-7,10H2,1-2H3;7-10,15H,2-6,11H2,1H3;6-7,9,11,14H,2-5,8,10H2,1H3;2-4,9,14H,5-8H2,1H3,(H,13,15);4-6H,1-3H3;2-4H,1H3;2-5H,1H3;2-6H,1H3. The third-order valence-electron chi connectivity index (χ3n) is 15.3. The van der Waals surface area contributed by atoms with Crippen molar-refractivity contribution in [2.24, 2.45) is 0 Å². The molecule has 8 aromatic rings. The molecule has 14 nitrogen and oxygen atoms in total. The van der Waals surface area contributed by atoms with Gasteiger partial charge >= 0.3 is 0 Å². The number of aliphatic hydroxyl groups excluding tert-OH is 4. The number of rotatable bonds is 28. The van der Waals surface area contributed by atoms with Crippen molar-refractivity contribution in [3.8, 4) is 11.5 Å². The zero-order valence-corrected chi connectivity index (χ0v) is 63.4. The van der Waals surface area contributed by atoms with Crippen molar-refractivity contribution in [1.29, 1.82) is 0 Å². The molecule has 0 fully saturated rings. The third-order valence-corrected chi connectivity index (χ3v) is 17.6. The molecule has 0 radical (unpaired) electrons. The number of carbonyl (C=O) groups is 2. The summed E-state index contributed by atoms with van der Waals surface area (Å²) in [5, 5.41) is 48.5. The van der Waals surface area contributed by atoms with Gasteiger partial charge in [0.25, 0.3) is 11.6 Å². The van der Waals surface area contributed by atoms with Gasteiger partial charge in [0.05, 0.1) is 37.3 Å². The lowest BCUT2D eigenvalue weighted by atomic mass is 10.0. The number of halogens is 2. The van der Waals surface area contributed by atoms with Gasteiger partial charge in [0.15, 0.2) is 15.6 Å². The molecular formula is C83H112Cl2N2O12S. The molecule has 100 heavy (non-hydrogen) atoms. The number of nitrogens with zero attached hydrogens (tertiary/aromatic N) is 1. The predicted molar refractivity (Wildman–Crippen MR) is 415 cm³/mol. The van der Waals surface area contributed by atoms with Crippen molar-refractivity contribution in [2.45, 2.75) is 159 Å². The first kappa shape index (κ1) is 90.3. The van der Waals surface area contributed by atoms with Crippen LogP contribution >= 0.6 is 23.2 Å². The number of amides is 1. The van der Waals surface area contributed by atoms with Crippen LogP contribution in [0.3, 0.4) is 0 Å². The summed E-state index contributed by atoms with van der Waals surface area (Å²) in [6.45, 7) is 18.5. The maximum Gasteiger partial charge on any atom is 0.273 e. The van der Waals surface area contributed by atoms with Crippen LogP contribution in [0.2, 0.25) is 10.0 Å². The Bertz CT molecular complexity index is 3620. The number of Topliss-reactive ketones (excluding diaryl/α,β-unsaturated/α-hetero) is 1. The van der Waals surface area contributed by atoms with Crippen molar-refractivity contribution in [1.82, 2.24) is 5.32 Å². The second-order valence-electron chi connectivity index (χ2n) is 24.3. The minimum atomic E-state index is -3.28. The van der Waals surface area contributed by atoms with Crippen molar-refractivity contribution < 1.29 is 52.8 Å². The van der Waals surface area contributed by atoms with E-state index in [2.05, 4.69) is 87.6 Å². The Balaban J connectivity index is 0.000000580. The summed E-state index contributed by atoms with van der Waals surface area (Å²) in [6.07, 6.45) is 15.8. The number of nitro groups is 1. The number of sulfone groups is 1. The number of aliphatic hydroxyl groups is 4. The van der Waals surface area contributed by atoms with Crippen LogP contribution < -0.4 is 14.8 Å². The molecule has 0 aliphatic carbocycles. The summed E-state index contributed by atoms with van der Waals surface area (Å²) >= 11 is 11.3. The molecule has 0 bridgehead atoms. The van der Waals surface area contributed by atoms with E-state index < -0.39 is 21.4 Å². The highest BCUT2D eigenvalue weighted by Crippen LogP contribution is 2.23. The third kappa shape index (κ3) is 43.7. The number of benzene rings is 8. The fourth-order valence-corrected chi connectivity index (χ4v) is 10.7. The van der Waals surface area contributed by atoms with E-state index in [1.54, 1.807) is 51.5 Å². The number of nitrogens with one attached hydrogen (secondary N) is 1. The Morgan fingerprint density at radius 1 is 0.440 bits per heavy atom. The van der Waals surface area contributed by atoms with Gasteiger partial charge < -0.3 is 35.2 Å². The second-order valence-corrected chi connectivity index (χ2v) is 27.5. The highest BCUT2D eigenvalue weighted by Gasteiger charge is 2.12. The first-order valence-corrected chi connectivity index (χ1v) is 36.9. The molecule has 0 unspecified atom stereocenters. The summed E-state index contributed by atoms with van der Waals surface area (Å²) in [7, 11) is 0.115. The van der Waals surface area contributed by atoms with E-state index in [1.165, 1.54) is 82.7 Å². The minimum absolute atomic E-state index is 0.0507. The highest BCUT2D eigenvalue weighted by molar-refractivity contribution is 7.91. The summed E-state index contributed by atoms with van der Waals surface area (Å²) in [4.78, 5) is 33.3. The quantitative estimate of drug-likeness (QED) is 0.0134. The highest BCUT2D eigenvalue weighted by atomic mass is 35.5. The number of carbonyl (C=O) groups excluding carboxylic acids is 2. The average Bonchev–Trinajstić information content (AvgIpc) is 0.908. The zero-order chi connectivity index (χ0) is 74.5. The van der Waals surface area contributed by atoms with Gasteiger partial charge in [-0.1, -0.05) is 229 Å². The lowest BCUT2D eigenvalue weighted by molar-refractivity contribution is -0.385. The Morgan fingerprint density at radius 2 is 0.920 bits per heavy atom. The number of nitro benzene ring substituents is 1. The van der Waals surface area contributed by atoms with E-state index in [-0.39, 0.29) is 42.0 Å². The van der Waals surface area contributed by atoms with Gasteiger partial charge in [-0.05, 0) is 178 Å². The maximum absolute atomic E-state index is 11.7. The van der Waals surface area contributed by atoms with Crippen molar-refractivity contribution in [3.63, 3.8) is 0 Å². The number of aryl methyl sites for hydroxylation is 11. The average molecular weight is 1430 g/mol. The Morgan fingerprint density at radius 3 is 1.39 bits per heavy atom. The van der Waals surface area contributed by atoms with E-state index in [0.29, 0.717) is 35.8 Å². The van der Waals surface area contributed by atoms with E-state index >= 15 is 0 Å². The summed E-state index contributed by atoms with van der Waals surface area (Å²) < 4.78 is 32.9. The fourth-order valence-electron chi connectivity index (χ4n) is 9.53. The summed E-state index contributed by atoms with van der Waals surface area (Å²) in [6, 6.07) is 58.6. The number of hydrogen-bond donors (Lipinski definition) is 5. The molecule has 17 heteroatoms. The van der Waals surface area contributed by atoms with Crippen LogP contribution in [0.5, 0.6) is 11.5 Å². The predicted octanol–water partition coefficient (Wildman–Crippen LogP) is 19.0. The first-order chi connectivity index (χ1) is 47.8. The number of ether oxygens (including phenoxy) is 2. The van der Waals surface area contributed by atoms with Gasteiger partial charge in [-0.2, -0.15) is 0 Å². The monoisotopic (exact) mass is 1430 g/mol. The van der Waals surface area contributed by atoms with Crippen LogP contribution in [0.1, 0.15) is 165 Å². The number of unbranched alkanes of at least 4 members (excludes halogenated alkanes) is 9.